The molecule has 0 aliphatic rings. The van der Waals surface area contributed by atoms with Crippen molar-refractivity contribution in [3.05, 3.63) is 54.1 Å². The van der Waals surface area contributed by atoms with E-state index in [1.54, 1.807) is 0 Å². The second-order valence-corrected chi connectivity index (χ2v) is 24.1. The van der Waals surface area contributed by atoms with Gasteiger partial charge in [-0.25, -0.2) is 0 Å². The summed E-state index contributed by atoms with van der Waals surface area (Å²) in [5.41, 5.74) is 2.92. The molecule has 0 saturated heterocycles. The summed E-state index contributed by atoms with van der Waals surface area (Å²) in [7, 11) is -5.23. The molecular formula is C28H45NO3Si3. The molecule has 0 saturated carbocycles. The molecule has 0 unspecified atom stereocenters. The van der Waals surface area contributed by atoms with Gasteiger partial charge in [-0.05, 0) is 93.7 Å². The molecule has 0 amide bonds. The first-order valence-corrected chi connectivity index (χ1v) is 22.4. The number of nitriles is 1. The standard InChI is InChI=1S/C28H45NO3Si3/c1-33(2,3)31-35(6,7)32-34(4,5)23-13-11-9-8-10-12-22-30-28-20-18-27(19-21-28)26-16-14-25(24-29)15-17-26/h14-21H,8-13,22-23H2,1-7H3. The van der Waals surface area contributed by atoms with Gasteiger partial charge in [-0.2, -0.15) is 5.26 Å². The van der Waals surface area contributed by atoms with Crippen LogP contribution in [0.15, 0.2) is 48.5 Å². The fourth-order valence-corrected chi connectivity index (χ4v) is 17.8. The summed E-state index contributed by atoms with van der Waals surface area (Å²) in [6.45, 7) is 16.6. The van der Waals surface area contributed by atoms with E-state index >= 15 is 0 Å². The average molecular weight is 528 g/mol. The summed E-state index contributed by atoms with van der Waals surface area (Å²) in [5.74, 6) is 0.916. The number of hydrogen-bond acceptors (Lipinski definition) is 4. The lowest BCUT2D eigenvalue weighted by Gasteiger charge is -2.37. The summed E-state index contributed by atoms with van der Waals surface area (Å²) < 4.78 is 18.9. The monoisotopic (exact) mass is 527 g/mol. The molecule has 0 aliphatic heterocycles. The molecule has 0 N–H and O–H groups in total. The van der Waals surface area contributed by atoms with Crippen LogP contribution in [-0.2, 0) is 8.23 Å². The lowest BCUT2D eigenvalue weighted by Crippen LogP contribution is -2.51. The average Bonchev–Trinajstić information content (AvgIpc) is 2.76. The molecule has 7 heteroatoms. The Bertz CT molecular complexity index is 930. The smallest absolute Gasteiger partial charge is 0.311 e. The number of rotatable bonds is 15. The normalized spacial score (nSPS) is 12.4. The zero-order valence-corrected chi connectivity index (χ0v) is 25.9. The maximum Gasteiger partial charge on any atom is 0.311 e. The van der Waals surface area contributed by atoms with Crippen molar-refractivity contribution in [2.75, 3.05) is 6.61 Å². The van der Waals surface area contributed by atoms with E-state index in [0.717, 1.165) is 29.9 Å². The first-order valence-electron chi connectivity index (χ1n) is 13.0. The Kier molecular flexibility index (Phi) is 11.4. The molecule has 0 atom stereocenters. The highest BCUT2D eigenvalue weighted by atomic mass is 28.5. The van der Waals surface area contributed by atoms with Crippen molar-refractivity contribution < 1.29 is 13.0 Å². The summed E-state index contributed by atoms with van der Waals surface area (Å²) in [5, 5.41) is 8.93. The highest BCUT2D eigenvalue weighted by Gasteiger charge is 2.37. The number of unbranched alkanes of at least 4 members (excludes halogenated alkanes) is 5. The number of hydrogen-bond donors (Lipinski definition) is 0. The number of benzene rings is 2. The molecule has 0 fully saturated rings. The minimum Gasteiger partial charge on any atom is -0.494 e. The third-order valence-electron chi connectivity index (χ3n) is 5.72. The van der Waals surface area contributed by atoms with Crippen molar-refractivity contribution in [2.24, 2.45) is 0 Å². The third kappa shape index (κ3) is 12.2. The number of nitrogens with zero attached hydrogens (tertiary/aromatic N) is 1. The van der Waals surface area contributed by atoms with Crippen LogP contribution in [0.3, 0.4) is 0 Å². The van der Waals surface area contributed by atoms with Gasteiger partial charge in [0, 0.05) is 0 Å². The minimum absolute atomic E-state index is 0.682. The van der Waals surface area contributed by atoms with Crippen molar-refractivity contribution in [3.8, 4) is 22.9 Å². The maximum atomic E-state index is 8.93. The van der Waals surface area contributed by atoms with Crippen LogP contribution in [0.2, 0.25) is 51.9 Å². The topological polar surface area (TPSA) is 51.5 Å². The van der Waals surface area contributed by atoms with Crippen LogP contribution >= 0.6 is 0 Å². The number of ether oxygens (including phenoxy) is 1. The second kappa shape index (κ2) is 13.6. The first-order chi connectivity index (χ1) is 16.4. The van der Waals surface area contributed by atoms with Crippen molar-refractivity contribution in [3.63, 3.8) is 0 Å². The molecule has 0 aliphatic carbocycles. The molecule has 0 heterocycles. The van der Waals surface area contributed by atoms with Crippen molar-refractivity contribution >= 4 is 25.2 Å². The molecule has 2 aromatic carbocycles. The lowest BCUT2D eigenvalue weighted by molar-refractivity contribution is 0.304. The van der Waals surface area contributed by atoms with Gasteiger partial charge in [0.2, 0.25) is 0 Å². The molecular weight excluding hydrogens is 483 g/mol. The van der Waals surface area contributed by atoms with Crippen LogP contribution in [0.25, 0.3) is 11.1 Å². The molecule has 4 nitrogen and oxygen atoms in total. The van der Waals surface area contributed by atoms with E-state index in [1.165, 1.54) is 38.1 Å². The molecule has 0 aromatic heterocycles. The SMILES string of the molecule is C[Si](C)(C)O[Si](C)(C)O[Si](C)(C)CCCCCCCCOc1ccc(-c2ccc(C#N)cc2)cc1. The predicted octanol–water partition coefficient (Wildman–Crippen LogP) is 8.72. The Balaban J connectivity index is 1.56. The molecule has 2 aromatic rings. The fraction of sp³-hybridized carbons (Fsp3) is 0.536. The minimum atomic E-state index is -2.02. The van der Waals surface area contributed by atoms with Crippen LogP contribution in [-0.4, -0.2) is 31.8 Å². The van der Waals surface area contributed by atoms with Crippen LogP contribution in [0.4, 0.5) is 0 Å². The molecule has 2 rings (SSSR count). The van der Waals surface area contributed by atoms with Crippen LogP contribution in [0.1, 0.15) is 44.1 Å². The van der Waals surface area contributed by atoms with E-state index in [-0.39, 0.29) is 0 Å². The first kappa shape index (κ1) is 29.5. The predicted molar refractivity (Wildman–Crippen MR) is 155 cm³/mol. The molecule has 0 spiro atoms. The van der Waals surface area contributed by atoms with Crippen LogP contribution < -0.4 is 4.74 Å². The Hall–Kier alpha value is -1.70. The Labute approximate surface area is 217 Å². The molecule has 0 radical (unpaired) electrons. The zero-order valence-electron chi connectivity index (χ0n) is 22.9. The Morgan fingerprint density at radius 1 is 0.657 bits per heavy atom. The van der Waals surface area contributed by atoms with Gasteiger partial charge < -0.3 is 13.0 Å². The molecule has 192 valence electrons. The quantitative estimate of drug-likeness (QED) is 0.172. The summed E-state index contributed by atoms with van der Waals surface area (Å²) >= 11 is 0. The van der Waals surface area contributed by atoms with E-state index in [2.05, 4.69) is 64.0 Å². The van der Waals surface area contributed by atoms with Gasteiger partial charge in [-0.1, -0.05) is 56.4 Å². The van der Waals surface area contributed by atoms with Crippen molar-refractivity contribution in [1.82, 2.24) is 0 Å². The van der Waals surface area contributed by atoms with Gasteiger partial charge in [0.25, 0.3) is 0 Å². The van der Waals surface area contributed by atoms with Crippen molar-refractivity contribution in [1.29, 1.82) is 5.26 Å². The Morgan fingerprint density at radius 3 is 1.71 bits per heavy atom. The van der Waals surface area contributed by atoms with Crippen LogP contribution in [0.5, 0.6) is 5.75 Å². The van der Waals surface area contributed by atoms with Gasteiger partial charge in [0.15, 0.2) is 16.6 Å². The van der Waals surface area contributed by atoms with Crippen molar-refractivity contribution in [2.45, 2.75) is 90.4 Å². The van der Waals surface area contributed by atoms with E-state index in [0.29, 0.717) is 5.56 Å². The van der Waals surface area contributed by atoms with E-state index < -0.39 is 25.2 Å². The second-order valence-electron chi connectivity index (χ2n) is 11.4. The highest BCUT2D eigenvalue weighted by molar-refractivity contribution is 6.87. The largest absolute Gasteiger partial charge is 0.494 e. The third-order valence-corrected chi connectivity index (χ3v) is 15.9. The van der Waals surface area contributed by atoms with Gasteiger partial charge in [-0.3, -0.25) is 0 Å². The fourth-order valence-electron chi connectivity index (χ4n) is 4.51. The maximum absolute atomic E-state index is 8.93. The Morgan fingerprint density at radius 2 is 1.17 bits per heavy atom. The summed E-state index contributed by atoms with van der Waals surface area (Å²) in [6.07, 6.45) is 7.41. The van der Waals surface area contributed by atoms with Gasteiger partial charge in [0.05, 0.1) is 18.2 Å². The lowest BCUT2D eigenvalue weighted by atomic mass is 10.0. The van der Waals surface area contributed by atoms with Gasteiger partial charge >= 0.3 is 8.56 Å². The van der Waals surface area contributed by atoms with E-state index in [9.17, 15) is 0 Å². The molecule has 35 heavy (non-hydrogen) atoms. The summed E-state index contributed by atoms with van der Waals surface area (Å²) in [4.78, 5) is 0. The zero-order chi connectivity index (χ0) is 26.0. The summed E-state index contributed by atoms with van der Waals surface area (Å²) in [6, 6.07) is 19.2. The van der Waals surface area contributed by atoms with Gasteiger partial charge in [-0.15, -0.1) is 0 Å². The molecule has 0 bridgehead atoms. The van der Waals surface area contributed by atoms with E-state index in [1.807, 2.05) is 36.4 Å². The van der Waals surface area contributed by atoms with E-state index in [4.69, 9.17) is 18.2 Å². The van der Waals surface area contributed by atoms with Gasteiger partial charge in [0.1, 0.15) is 5.75 Å². The van der Waals surface area contributed by atoms with Crippen LogP contribution in [0, 0.1) is 11.3 Å². The highest BCUT2D eigenvalue weighted by Crippen LogP contribution is 2.25.